The van der Waals surface area contributed by atoms with E-state index in [0.717, 1.165) is 21.4 Å². The number of Topliss-reactive ketones (excluding diaryl/α,β-unsaturated/α-hetero) is 1. The maximum absolute atomic E-state index is 13.3. The standard InChI is InChI=1S/C32H25N3O3S/c36-30(22-9-3-1-4-10-22)21-39-26-17-15-25(16-18-26)34-32(38)29(35-31(37)23-11-5-2-6-12-23)19-24-20-33-28-14-8-7-13-27(24)28/h1-20,33H,21H2,(H,34,38)(H,35,37)/b29-19+. The SMILES string of the molecule is O=C(Nc1ccc(SCC(=O)c2ccccc2)cc1)/C(=C\c1c[nH]c2ccccc12)NC(=O)c1ccccc1. The predicted molar refractivity (Wildman–Crippen MR) is 157 cm³/mol. The Balaban J connectivity index is 1.31. The normalized spacial score (nSPS) is 11.2. The van der Waals surface area contributed by atoms with Crippen molar-refractivity contribution in [2.45, 2.75) is 4.90 Å². The summed E-state index contributed by atoms with van der Waals surface area (Å²) in [5.74, 6) is -0.464. The number of anilines is 1. The van der Waals surface area contributed by atoms with E-state index in [1.165, 1.54) is 11.8 Å². The molecule has 6 nitrogen and oxygen atoms in total. The summed E-state index contributed by atoms with van der Waals surface area (Å²) < 4.78 is 0. The van der Waals surface area contributed by atoms with Gasteiger partial charge in [0.15, 0.2) is 5.78 Å². The molecule has 0 spiro atoms. The molecule has 0 radical (unpaired) electrons. The Bertz CT molecular complexity index is 1640. The van der Waals surface area contributed by atoms with E-state index in [-0.39, 0.29) is 17.4 Å². The lowest BCUT2D eigenvalue weighted by Gasteiger charge is -2.12. The molecule has 7 heteroatoms. The number of aromatic nitrogens is 1. The molecular weight excluding hydrogens is 506 g/mol. The van der Waals surface area contributed by atoms with Gasteiger partial charge in [0.05, 0.1) is 5.75 Å². The molecule has 192 valence electrons. The summed E-state index contributed by atoms with van der Waals surface area (Å²) in [6.07, 6.45) is 3.46. The van der Waals surface area contributed by atoms with Crippen LogP contribution in [0.4, 0.5) is 5.69 Å². The first-order valence-electron chi connectivity index (χ1n) is 12.3. The number of aromatic amines is 1. The van der Waals surface area contributed by atoms with Crippen molar-refractivity contribution in [3.05, 3.63) is 138 Å². The summed E-state index contributed by atoms with van der Waals surface area (Å²) in [5, 5.41) is 6.57. The Morgan fingerprint density at radius 3 is 2.10 bits per heavy atom. The Labute approximate surface area is 230 Å². The van der Waals surface area contributed by atoms with Crippen molar-refractivity contribution in [3.63, 3.8) is 0 Å². The number of hydrogen-bond acceptors (Lipinski definition) is 4. The van der Waals surface area contributed by atoms with Gasteiger partial charge in [0.25, 0.3) is 11.8 Å². The molecule has 0 aliphatic heterocycles. The highest BCUT2D eigenvalue weighted by atomic mass is 32.2. The van der Waals surface area contributed by atoms with Crippen LogP contribution in [0.25, 0.3) is 17.0 Å². The number of hydrogen-bond donors (Lipinski definition) is 3. The molecule has 0 saturated heterocycles. The second-order valence-electron chi connectivity index (χ2n) is 8.72. The van der Waals surface area contributed by atoms with E-state index in [1.54, 1.807) is 60.8 Å². The lowest BCUT2D eigenvalue weighted by atomic mass is 10.1. The number of rotatable bonds is 9. The number of carbonyl (C=O) groups is 3. The van der Waals surface area contributed by atoms with Crippen molar-refractivity contribution in [2.75, 3.05) is 11.1 Å². The minimum Gasteiger partial charge on any atom is -0.361 e. The van der Waals surface area contributed by atoms with E-state index in [9.17, 15) is 14.4 Å². The molecule has 3 N–H and O–H groups in total. The van der Waals surface area contributed by atoms with Crippen molar-refractivity contribution >= 4 is 52.0 Å². The van der Waals surface area contributed by atoms with E-state index >= 15 is 0 Å². The molecule has 0 atom stereocenters. The summed E-state index contributed by atoms with van der Waals surface area (Å²) >= 11 is 1.43. The predicted octanol–water partition coefficient (Wildman–Crippen LogP) is 6.55. The number of thioether (sulfide) groups is 1. The van der Waals surface area contributed by atoms with Crippen molar-refractivity contribution in [1.82, 2.24) is 10.3 Å². The Morgan fingerprint density at radius 1 is 0.744 bits per heavy atom. The van der Waals surface area contributed by atoms with Crippen LogP contribution in [0.1, 0.15) is 26.3 Å². The first-order chi connectivity index (χ1) is 19.1. The smallest absolute Gasteiger partial charge is 0.272 e. The van der Waals surface area contributed by atoms with Crippen LogP contribution >= 0.6 is 11.8 Å². The Kier molecular flexibility index (Phi) is 8.00. The number of benzene rings is 4. The van der Waals surface area contributed by atoms with E-state index in [4.69, 9.17) is 0 Å². The third kappa shape index (κ3) is 6.52. The molecule has 0 aliphatic carbocycles. The molecule has 1 aromatic heterocycles. The van der Waals surface area contributed by atoms with Gasteiger partial charge in [-0.25, -0.2) is 0 Å². The Hall–Kier alpha value is -4.88. The molecule has 1 heterocycles. The summed E-state index contributed by atoms with van der Waals surface area (Å²) in [7, 11) is 0. The van der Waals surface area contributed by atoms with Crippen molar-refractivity contribution in [1.29, 1.82) is 0 Å². The largest absolute Gasteiger partial charge is 0.361 e. The van der Waals surface area contributed by atoms with Crippen LogP contribution in [0.5, 0.6) is 0 Å². The van der Waals surface area contributed by atoms with Crippen LogP contribution in [-0.2, 0) is 4.79 Å². The van der Waals surface area contributed by atoms with Gasteiger partial charge in [-0.05, 0) is 48.5 Å². The van der Waals surface area contributed by atoms with Gasteiger partial charge < -0.3 is 15.6 Å². The zero-order valence-electron chi connectivity index (χ0n) is 20.9. The van der Waals surface area contributed by atoms with Crippen LogP contribution in [0, 0.1) is 0 Å². The number of fused-ring (bicyclic) bond motifs is 1. The zero-order valence-corrected chi connectivity index (χ0v) is 21.7. The molecule has 4 aromatic carbocycles. The van der Waals surface area contributed by atoms with Gasteiger partial charge in [0.2, 0.25) is 0 Å². The minimum atomic E-state index is -0.454. The van der Waals surface area contributed by atoms with Gasteiger partial charge in [0, 0.05) is 44.4 Å². The van der Waals surface area contributed by atoms with Crippen molar-refractivity contribution < 1.29 is 14.4 Å². The molecule has 0 fully saturated rings. The fourth-order valence-corrected chi connectivity index (χ4v) is 4.79. The third-order valence-electron chi connectivity index (χ3n) is 6.03. The highest BCUT2D eigenvalue weighted by Gasteiger charge is 2.16. The molecule has 0 unspecified atom stereocenters. The average molecular weight is 532 g/mol. The summed E-state index contributed by atoms with van der Waals surface area (Å²) in [6, 6.07) is 32.9. The summed E-state index contributed by atoms with van der Waals surface area (Å²) in [5.41, 5.74) is 3.51. The quantitative estimate of drug-likeness (QED) is 0.114. The maximum Gasteiger partial charge on any atom is 0.272 e. The second-order valence-corrected chi connectivity index (χ2v) is 9.77. The van der Waals surface area contributed by atoms with E-state index < -0.39 is 5.91 Å². The fraction of sp³-hybridized carbons (Fsp3) is 0.0312. The van der Waals surface area contributed by atoms with Gasteiger partial charge in [-0.3, -0.25) is 14.4 Å². The zero-order chi connectivity index (χ0) is 27.0. The lowest BCUT2D eigenvalue weighted by Crippen LogP contribution is -2.30. The first kappa shape index (κ1) is 25.8. The second kappa shape index (κ2) is 12.1. The van der Waals surface area contributed by atoms with Crippen molar-refractivity contribution in [2.24, 2.45) is 0 Å². The molecule has 0 aliphatic rings. The highest BCUT2D eigenvalue weighted by molar-refractivity contribution is 8.00. The maximum atomic E-state index is 13.3. The molecule has 0 saturated carbocycles. The van der Waals surface area contributed by atoms with Gasteiger partial charge in [-0.15, -0.1) is 11.8 Å². The van der Waals surface area contributed by atoms with Crippen LogP contribution in [0.2, 0.25) is 0 Å². The fourth-order valence-electron chi connectivity index (χ4n) is 4.00. The van der Waals surface area contributed by atoms with E-state index in [2.05, 4.69) is 15.6 Å². The monoisotopic (exact) mass is 531 g/mol. The molecule has 39 heavy (non-hydrogen) atoms. The van der Waals surface area contributed by atoms with Gasteiger partial charge in [-0.1, -0.05) is 66.7 Å². The number of H-pyrrole nitrogens is 1. The number of ketones is 1. The summed E-state index contributed by atoms with van der Waals surface area (Å²) in [4.78, 5) is 42.7. The molecule has 5 aromatic rings. The number of amides is 2. The minimum absolute atomic E-state index is 0.0548. The average Bonchev–Trinajstić information content (AvgIpc) is 3.40. The molecule has 2 amide bonds. The van der Waals surface area contributed by atoms with Crippen molar-refractivity contribution in [3.8, 4) is 0 Å². The number of nitrogens with one attached hydrogen (secondary N) is 3. The lowest BCUT2D eigenvalue weighted by molar-refractivity contribution is -0.113. The topological polar surface area (TPSA) is 91.1 Å². The van der Waals surface area contributed by atoms with Crippen LogP contribution < -0.4 is 10.6 Å². The van der Waals surface area contributed by atoms with Gasteiger partial charge in [-0.2, -0.15) is 0 Å². The van der Waals surface area contributed by atoms with Crippen LogP contribution in [-0.4, -0.2) is 28.3 Å². The first-order valence-corrected chi connectivity index (χ1v) is 13.3. The molecule has 0 bridgehead atoms. The Morgan fingerprint density at radius 2 is 1.38 bits per heavy atom. The molecule has 5 rings (SSSR count). The van der Waals surface area contributed by atoms with Crippen LogP contribution in [0.15, 0.2) is 126 Å². The summed E-state index contributed by atoms with van der Waals surface area (Å²) in [6.45, 7) is 0. The highest BCUT2D eigenvalue weighted by Crippen LogP contribution is 2.23. The molecular formula is C32H25N3O3S. The van der Waals surface area contributed by atoms with E-state index in [0.29, 0.717) is 22.6 Å². The number of para-hydroxylation sites is 1. The van der Waals surface area contributed by atoms with Gasteiger partial charge >= 0.3 is 0 Å². The van der Waals surface area contributed by atoms with Crippen LogP contribution in [0.3, 0.4) is 0 Å². The third-order valence-corrected chi connectivity index (χ3v) is 7.04. The van der Waals surface area contributed by atoms with E-state index in [1.807, 2.05) is 60.7 Å². The van der Waals surface area contributed by atoms with Gasteiger partial charge in [0.1, 0.15) is 5.70 Å². The number of carbonyl (C=O) groups excluding carboxylic acids is 3.